The highest BCUT2D eigenvalue weighted by Gasteiger charge is 2.40. The van der Waals surface area contributed by atoms with E-state index >= 15 is 0 Å². The minimum Gasteiger partial charge on any atom is -0.504 e. The number of nitrogens with zero attached hydrogens (tertiary/aromatic N) is 3. The third kappa shape index (κ3) is 1.62. The van der Waals surface area contributed by atoms with Crippen molar-refractivity contribution >= 4 is 11.8 Å². The number of carbonyl (C=O) groups is 2. The van der Waals surface area contributed by atoms with Crippen LogP contribution in [0.1, 0.15) is 27.6 Å². The molecule has 1 atom stereocenters. The first-order valence-corrected chi connectivity index (χ1v) is 5.28. The van der Waals surface area contributed by atoms with Gasteiger partial charge in [-0.15, -0.1) is 0 Å². The van der Waals surface area contributed by atoms with Crippen molar-refractivity contribution in [3.63, 3.8) is 0 Å². The number of benzene rings is 1. The number of carbonyl (C=O) groups excluding carboxylic acids is 2. The number of imide groups is 1. The molecule has 6 heteroatoms. The lowest BCUT2D eigenvalue weighted by atomic mass is 10.1. The van der Waals surface area contributed by atoms with E-state index < -0.39 is 17.9 Å². The van der Waals surface area contributed by atoms with Crippen molar-refractivity contribution in [1.82, 2.24) is 4.90 Å². The third-order valence-corrected chi connectivity index (χ3v) is 2.83. The SMILES string of the molecule is C[C@H](/C(O)=C/[N+]#N)N1C(=O)c2ccccc2C1=O. The van der Waals surface area contributed by atoms with Crippen LogP contribution in [-0.2, 0) is 0 Å². The van der Waals surface area contributed by atoms with E-state index in [4.69, 9.17) is 5.39 Å². The van der Waals surface area contributed by atoms with E-state index in [2.05, 4.69) is 4.98 Å². The van der Waals surface area contributed by atoms with Gasteiger partial charge in [0.2, 0.25) is 11.2 Å². The zero-order valence-electron chi connectivity index (χ0n) is 9.57. The summed E-state index contributed by atoms with van der Waals surface area (Å²) in [6.07, 6.45) is 0.786. The lowest BCUT2D eigenvalue weighted by Gasteiger charge is -2.19. The predicted molar refractivity (Wildman–Crippen MR) is 62.2 cm³/mol. The Bertz CT molecular complexity index is 566. The molecule has 1 aromatic rings. The average Bonchev–Trinajstić information content (AvgIpc) is 2.62. The number of hydrogen-bond donors (Lipinski definition) is 1. The van der Waals surface area contributed by atoms with Crippen LogP contribution in [0.4, 0.5) is 0 Å². The standard InChI is InChI=1S/C12H9N3O3/c1-7(10(16)6-14-13)15-11(17)8-4-2-3-5-9(8)12(15)18/h2-7H,1H3/p+1/b10-6-/t7-/m1/s1. The number of amides is 2. The third-order valence-electron chi connectivity index (χ3n) is 2.83. The Morgan fingerprint density at radius 1 is 1.33 bits per heavy atom. The fraction of sp³-hybridized carbons (Fsp3) is 0.167. The molecule has 2 rings (SSSR count). The Morgan fingerprint density at radius 2 is 1.83 bits per heavy atom. The summed E-state index contributed by atoms with van der Waals surface area (Å²) in [4.78, 5) is 27.7. The number of rotatable bonds is 2. The minimum atomic E-state index is -0.881. The maximum absolute atomic E-state index is 12.0. The highest BCUT2D eigenvalue weighted by molar-refractivity contribution is 6.21. The van der Waals surface area contributed by atoms with Crippen LogP contribution in [0.15, 0.2) is 36.2 Å². The Kier molecular flexibility index (Phi) is 2.81. The van der Waals surface area contributed by atoms with Gasteiger partial charge in [-0.3, -0.25) is 14.5 Å². The topological polar surface area (TPSA) is 85.8 Å². The van der Waals surface area contributed by atoms with Crippen molar-refractivity contribution in [2.24, 2.45) is 0 Å². The van der Waals surface area contributed by atoms with Crippen LogP contribution in [0.25, 0.3) is 4.98 Å². The van der Waals surface area contributed by atoms with Crippen molar-refractivity contribution in [3.05, 3.63) is 52.3 Å². The molecular weight excluding hydrogens is 234 g/mol. The van der Waals surface area contributed by atoms with Crippen LogP contribution < -0.4 is 0 Å². The molecule has 1 aliphatic heterocycles. The van der Waals surface area contributed by atoms with E-state index in [9.17, 15) is 14.7 Å². The molecule has 1 aliphatic rings. The van der Waals surface area contributed by atoms with E-state index in [0.717, 1.165) is 11.1 Å². The minimum absolute atomic E-state index is 0.308. The molecule has 0 aliphatic carbocycles. The molecule has 0 bridgehead atoms. The molecule has 6 nitrogen and oxygen atoms in total. The molecular formula is C12H10N3O3+. The summed E-state index contributed by atoms with van der Waals surface area (Å²) >= 11 is 0. The molecule has 18 heavy (non-hydrogen) atoms. The van der Waals surface area contributed by atoms with E-state index in [0.29, 0.717) is 11.1 Å². The van der Waals surface area contributed by atoms with Crippen LogP contribution >= 0.6 is 0 Å². The van der Waals surface area contributed by atoms with Gasteiger partial charge in [0.05, 0.1) is 11.1 Å². The van der Waals surface area contributed by atoms with Crippen LogP contribution in [0.2, 0.25) is 0 Å². The second-order valence-electron chi connectivity index (χ2n) is 3.87. The fourth-order valence-corrected chi connectivity index (χ4v) is 1.86. The zero-order chi connectivity index (χ0) is 13.3. The molecule has 1 heterocycles. The van der Waals surface area contributed by atoms with E-state index in [-0.39, 0.29) is 5.76 Å². The van der Waals surface area contributed by atoms with E-state index in [1.807, 2.05) is 0 Å². The van der Waals surface area contributed by atoms with Crippen LogP contribution in [0.5, 0.6) is 0 Å². The molecule has 2 amide bonds. The summed E-state index contributed by atoms with van der Waals surface area (Å²) < 4.78 is 0. The number of fused-ring (bicyclic) bond motifs is 1. The summed E-state index contributed by atoms with van der Waals surface area (Å²) in [7, 11) is 0. The van der Waals surface area contributed by atoms with Gasteiger partial charge in [-0.05, 0) is 19.1 Å². The van der Waals surface area contributed by atoms with Gasteiger partial charge in [0.1, 0.15) is 6.04 Å². The summed E-state index contributed by atoms with van der Waals surface area (Å²) in [6.45, 7) is 1.47. The summed E-state index contributed by atoms with van der Waals surface area (Å²) in [6, 6.07) is 5.56. The van der Waals surface area contributed by atoms with Crippen molar-refractivity contribution in [1.29, 1.82) is 5.39 Å². The second kappa shape index (κ2) is 4.30. The summed E-state index contributed by atoms with van der Waals surface area (Å²) in [5.74, 6) is -1.31. The zero-order valence-corrected chi connectivity index (χ0v) is 9.57. The van der Waals surface area contributed by atoms with E-state index in [1.54, 1.807) is 24.3 Å². The highest BCUT2D eigenvalue weighted by Crippen LogP contribution is 2.26. The predicted octanol–water partition coefficient (Wildman–Crippen LogP) is 1.92. The lowest BCUT2D eigenvalue weighted by molar-refractivity contribution is 0.0589. The van der Waals surface area contributed by atoms with Gasteiger partial charge in [0, 0.05) is 0 Å². The van der Waals surface area contributed by atoms with Crippen molar-refractivity contribution in [2.45, 2.75) is 13.0 Å². The maximum atomic E-state index is 12.0. The molecule has 0 saturated carbocycles. The van der Waals surface area contributed by atoms with Crippen molar-refractivity contribution in [2.75, 3.05) is 0 Å². The Labute approximate surface area is 103 Å². The highest BCUT2D eigenvalue weighted by atomic mass is 16.3. The fourth-order valence-electron chi connectivity index (χ4n) is 1.86. The second-order valence-corrected chi connectivity index (χ2v) is 3.87. The normalized spacial score (nSPS) is 16.4. The molecule has 0 unspecified atom stereocenters. The largest absolute Gasteiger partial charge is 0.504 e. The van der Waals surface area contributed by atoms with Gasteiger partial charge >= 0.3 is 6.20 Å². The smallest absolute Gasteiger partial charge is 0.389 e. The van der Waals surface area contributed by atoms with Gasteiger partial charge in [-0.1, -0.05) is 12.1 Å². The lowest BCUT2D eigenvalue weighted by Crippen LogP contribution is -2.39. The molecule has 0 radical (unpaired) electrons. The van der Waals surface area contributed by atoms with E-state index in [1.165, 1.54) is 6.92 Å². The van der Waals surface area contributed by atoms with Crippen molar-refractivity contribution in [3.8, 4) is 0 Å². The first-order chi connectivity index (χ1) is 8.57. The van der Waals surface area contributed by atoms with Gasteiger partial charge in [-0.2, -0.15) is 0 Å². The molecule has 0 fully saturated rings. The molecule has 90 valence electrons. The van der Waals surface area contributed by atoms with Crippen LogP contribution in [0.3, 0.4) is 0 Å². The quantitative estimate of drug-likeness (QED) is 0.489. The molecule has 1 N–H and O–H groups in total. The van der Waals surface area contributed by atoms with Crippen LogP contribution in [-0.4, -0.2) is 27.9 Å². The molecule has 1 aromatic carbocycles. The monoisotopic (exact) mass is 244 g/mol. The number of aliphatic hydroxyl groups is 1. The average molecular weight is 244 g/mol. The Morgan fingerprint density at radius 3 is 2.28 bits per heavy atom. The number of diazo groups is 1. The van der Waals surface area contributed by atoms with Crippen LogP contribution in [0, 0.1) is 5.39 Å². The van der Waals surface area contributed by atoms with Gasteiger partial charge in [0.25, 0.3) is 11.8 Å². The number of aliphatic hydroxyl groups excluding tert-OH is 1. The van der Waals surface area contributed by atoms with Gasteiger partial charge < -0.3 is 5.11 Å². The summed E-state index contributed by atoms with van der Waals surface area (Å²) in [5.41, 5.74) is 0.617. The Balaban J connectivity index is 2.41. The number of hydrogen-bond acceptors (Lipinski definition) is 4. The van der Waals surface area contributed by atoms with Gasteiger partial charge in [-0.25, -0.2) is 0 Å². The Hall–Kier alpha value is -2.68. The van der Waals surface area contributed by atoms with Crippen molar-refractivity contribution < 1.29 is 14.7 Å². The molecule has 0 aromatic heterocycles. The molecule has 0 saturated heterocycles. The first kappa shape index (κ1) is 11.8. The molecule has 0 spiro atoms. The first-order valence-electron chi connectivity index (χ1n) is 5.28. The van der Waals surface area contributed by atoms with Gasteiger partial charge in [0.15, 0.2) is 4.98 Å². The maximum Gasteiger partial charge on any atom is 0.389 e. The summed E-state index contributed by atoms with van der Waals surface area (Å²) in [5, 5.41) is 17.9.